The molecule has 1 amide bonds. The number of likely N-dealkylation sites (tertiary alicyclic amines) is 1. The van der Waals surface area contributed by atoms with E-state index >= 15 is 0 Å². The molecule has 0 unspecified atom stereocenters. The lowest BCUT2D eigenvalue weighted by molar-refractivity contribution is -0.117. The summed E-state index contributed by atoms with van der Waals surface area (Å²) in [5.41, 5.74) is 3.09. The Morgan fingerprint density at radius 1 is 1.24 bits per heavy atom. The zero-order valence-electron chi connectivity index (χ0n) is 14.8. The number of amides is 1. The highest BCUT2D eigenvalue weighted by atomic mass is 35.5. The lowest BCUT2D eigenvalue weighted by Gasteiger charge is -2.31. The number of anilines is 1. The first-order valence-electron chi connectivity index (χ1n) is 8.78. The summed E-state index contributed by atoms with van der Waals surface area (Å²) in [7, 11) is 0. The number of hydrogen-bond donors (Lipinski definition) is 1. The van der Waals surface area contributed by atoms with E-state index in [4.69, 9.17) is 11.6 Å². The zero-order chi connectivity index (χ0) is 17.8. The van der Waals surface area contributed by atoms with E-state index in [-0.39, 0.29) is 5.91 Å². The first kappa shape index (κ1) is 18.0. The molecule has 1 aromatic heterocycles. The number of hydrogen-bond acceptors (Lipinski definition) is 3. The SMILES string of the molecule is Cc1cc(C)n(CC2CCN(CC(=O)Nc3ccc(Cl)cc3)CC2)n1. The zero-order valence-corrected chi connectivity index (χ0v) is 15.6. The third kappa shape index (κ3) is 5.06. The first-order valence-corrected chi connectivity index (χ1v) is 9.16. The van der Waals surface area contributed by atoms with E-state index in [0.29, 0.717) is 17.5 Å². The normalized spacial score (nSPS) is 16.1. The maximum absolute atomic E-state index is 12.2. The molecule has 1 aromatic carbocycles. The lowest BCUT2D eigenvalue weighted by atomic mass is 9.97. The van der Waals surface area contributed by atoms with Gasteiger partial charge in [-0.25, -0.2) is 0 Å². The molecule has 0 saturated carbocycles. The largest absolute Gasteiger partial charge is 0.325 e. The van der Waals surface area contributed by atoms with Crippen molar-refractivity contribution in [3.63, 3.8) is 0 Å². The van der Waals surface area contributed by atoms with Crippen molar-refractivity contribution >= 4 is 23.2 Å². The van der Waals surface area contributed by atoms with Crippen LogP contribution in [0.5, 0.6) is 0 Å². The highest BCUT2D eigenvalue weighted by molar-refractivity contribution is 6.30. The van der Waals surface area contributed by atoms with Gasteiger partial charge in [-0.15, -0.1) is 0 Å². The third-order valence-electron chi connectivity index (χ3n) is 4.74. The van der Waals surface area contributed by atoms with Gasteiger partial charge in [0.15, 0.2) is 0 Å². The molecule has 2 aromatic rings. The Morgan fingerprint density at radius 2 is 1.92 bits per heavy atom. The Labute approximate surface area is 154 Å². The number of piperidine rings is 1. The van der Waals surface area contributed by atoms with Crippen molar-refractivity contribution in [3.8, 4) is 0 Å². The number of rotatable bonds is 5. The molecule has 1 fully saturated rings. The number of nitrogens with zero attached hydrogens (tertiary/aromatic N) is 3. The second-order valence-electron chi connectivity index (χ2n) is 6.88. The Kier molecular flexibility index (Phi) is 5.76. The summed E-state index contributed by atoms with van der Waals surface area (Å²) in [6.07, 6.45) is 2.21. The second-order valence-corrected chi connectivity index (χ2v) is 7.32. The molecule has 0 radical (unpaired) electrons. The molecule has 2 heterocycles. The summed E-state index contributed by atoms with van der Waals surface area (Å²) in [6.45, 7) is 7.47. The number of halogens is 1. The van der Waals surface area contributed by atoms with Crippen LogP contribution >= 0.6 is 11.6 Å². The number of benzene rings is 1. The Bertz CT molecular complexity index is 718. The van der Waals surface area contributed by atoms with Crippen LogP contribution in [-0.4, -0.2) is 40.2 Å². The molecule has 6 heteroatoms. The van der Waals surface area contributed by atoms with E-state index in [9.17, 15) is 4.79 Å². The van der Waals surface area contributed by atoms with E-state index in [1.807, 2.05) is 19.1 Å². The topological polar surface area (TPSA) is 50.2 Å². The Hall–Kier alpha value is -1.85. The maximum atomic E-state index is 12.2. The van der Waals surface area contributed by atoms with Gasteiger partial charge in [-0.1, -0.05) is 11.6 Å². The van der Waals surface area contributed by atoms with Crippen molar-refractivity contribution in [2.45, 2.75) is 33.2 Å². The summed E-state index contributed by atoms with van der Waals surface area (Å²) >= 11 is 5.86. The van der Waals surface area contributed by atoms with E-state index < -0.39 is 0 Å². The number of nitrogens with one attached hydrogen (secondary N) is 1. The first-order chi connectivity index (χ1) is 12.0. The highest BCUT2D eigenvalue weighted by Gasteiger charge is 2.22. The molecular weight excluding hydrogens is 336 g/mol. The smallest absolute Gasteiger partial charge is 0.238 e. The predicted molar refractivity (Wildman–Crippen MR) is 101 cm³/mol. The Morgan fingerprint density at radius 3 is 2.52 bits per heavy atom. The quantitative estimate of drug-likeness (QED) is 0.887. The standard InChI is InChI=1S/C19H25ClN4O/c1-14-11-15(2)24(22-14)12-16-7-9-23(10-8-16)13-19(25)21-18-5-3-17(20)4-6-18/h3-6,11,16H,7-10,12-13H2,1-2H3,(H,21,25). The average Bonchev–Trinajstić information content (AvgIpc) is 2.89. The molecule has 1 N–H and O–H groups in total. The molecule has 0 aliphatic carbocycles. The van der Waals surface area contributed by atoms with Crippen molar-refractivity contribution in [1.82, 2.24) is 14.7 Å². The van der Waals surface area contributed by atoms with Gasteiger partial charge in [0.25, 0.3) is 0 Å². The molecular formula is C19H25ClN4O. The van der Waals surface area contributed by atoms with Crippen molar-refractivity contribution in [1.29, 1.82) is 0 Å². The average molecular weight is 361 g/mol. The van der Waals surface area contributed by atoms with Crippen molar-refractivity contribution in [3.05, 3.63) is 46.7 Å². The van der Waals surface area contributed by atoms with E-state index in [1.54, 1.807) is 12.1 Å². The van der Waals surface area contributed by atoms with Gasteiger partial charge < -0.3 is 5.32 Å². The molecule has 1 aliphatic rings. The maximum Gasteiger partial charge on any atom is 0.238 e. The van der Waals surface area contributed by atoms with Crippen LogP contribution in [0.3, 0.4) is 0 Å². The molecule has 1 aliphatic heterocycles. The van der Waals surface area contributed by atoms with Crippen LogP contribution in [0, 0.1) is 19.8 Å². The third-order valence-corrected chi connectivity index (χ3v) is 4.99. The van der Waals surface area contributed by atoms with Crippen LogP contribution in [0.4, 0.5) is 5.69 Å². The predicted octanol–water partition coefficient (Wildman–Crippen LogP) is 3.50. The summed E-state index contributed by atoms with van der Waals surface area (Å²) in [6, 6.07) is 9.32. The van der Waals surface area contributed by atoms with Gasteiger partial charge in [-0.2, -0.15) is 5.10 Å². The molecule has 3 rings (SSSR count). The minimum atomic E-state index is 0.0271. The van der Waals surface area contributed by atoms with Gasteiger partial charge in [0.2, 0.25) is 5.91 Å². The Balaban J connectivity index is 1.43. The molecule has 5 nitrogen and oxygen atoms in total. The van der Waals surface area contributed by atoms with Gasteiger partial charge >= 0.3 is 0 Å². The van der Waals surface area contributed by atoms with Gasteiger partial charge in [-0.3, -0.25) is 14.4 Å². The minimum absolute atomic E-state index is 0.0271. The van der Waals surface area contributed by atoms with Gasteiger partial charge in [0.1, 0.15) is 0 Å². The molecule has 134 valence electrons. The molecule has 0 atom stereocenters. The summed E-state index contributed by atoms with van der Waals surface area (Å²) in [4.78, 5) is 14.4. The van der Waals surface area contributed by atoms with Crippen LogP contribution in [0.25, 0.3) is 0 Å². The van der Waals surface area contributed by atoms with Crippen LogP contribution in [0.15, 0.2) is 30.3 Å². The van der Waals surface area contributed by atoms with Crippen LogP contribution in [0.1, 0.15) is 24.2 Å². The van der Waals surface area contributed by atoms with E-state index in [0.717, 1.165) is 43.9 Å². The fourth-order valence-corrected chi connectivity index (χ4v) is 3.49. The van der Waals surface area contributed by atoms with Gasteiger partial charge in [0.05, 0.1) is 12.2 Å². The fraction of sp³-hybridized carbons (Fsp3) is 0.474. The van der Waals surface area contributed by atoms with Crippen molar-refractivity contribution in [2.75, 3.05) is 25.0 Å². The number of carbonyl (C=O) groups is 1. The second kappa shape index (κ2) is 8.02. The number of carbonyl (C=O) groups excluding carboxylic acids is 1. The number of aromatic nitrogens is 2. The van der Waals surface area contributed by atoms with E-state index in [2.05, 4.69) is 33.0 Å². The lowest BCUT2D eigenvalue weighted by Crippen LogP contribution is -2.40. The van der Waals surface area contributed by atoms with Gasteiger partial charge in [0, 0.05) is 22.9 Å². The summed E-state index contributed by atoms with van der Waals surface area (Å²) < 4.78 is 2.11. The molecule has 0 bridgehead atoms. The van der Waals surface area contributed by atoms with Crippen LogP contribution in [0.2, 0.25) is 5.02 Å². The summed E-state index contributed by atoms with van der Waals surface area (Å²) in [5, 5.41) is 8.15. The van der Waals surface area contributed by atoms with Crippen LogP contribution in [-0.2, 0) is 11.3 Å². The highest BCUT2D eigenvalue weighted by Crippen LogP contribution is 2.20. The number of aryl methyl sites for hydroxylation is 2. The minimum Gasteiger partial charge on any atom is -0.325 e. The molecule has 25 heavy (non-hydrogen) atoms. The van der Waals surface area contributed by atoms with Crippen molar-refractivity contribution in [2.24, 2.45) is 5.92 Å². The summed E-state index contributed by atoms with van der Waals surface area (Å²) in [5.74, 6) is 0.660. The van der Waals surface area contributed by atoms with Gasteiger partial charge in [-0.05, 0) is 76.0 Å². The van der Waals surface area contributed by atoms with Crippen LogP contribution < -0.4 is 5.32 Å². The fourth-order valence-electron chi connectivity index (χ4n) is 3.37. The van der Waals surface area contributed by atoms with E-state index in [1.165, 1.54) is 5.69 Å². The monoisotopic (exact) mass is 360 g/mol. The molecule has 0 spiro atoms. The van der Waals surface area contributed by atoms with Crippen molar-refractivity contribution < 1.29 is 4.79 Å². The molecule has 1 saturated heterocycles.